The number of nitrogens with two attached hydrogens (primary N) is 1. The number of nitrogens with one attached hydrogen (secondary N) is 1. The summed E-state index contributed by atoms with van der Waals surface area (Å²) in [5.41, 5.74) is 7.09. The maximum absolute atomic E-state index is 12.5. The zero-order valence-corrected chi connectivity index (χ0v) is 15.5. The fourth-order valence-electron chi connectivity index (χ4n) is 2.63. The van der Waals surface area contributed by atoms with Gasteiger partial charge in [-0.3, -0.25) is 4.79 Å². The van der Waals surface area contributed by atoms with Crippen molar-refractivity contribution in [3.63, 3.8) is 0 Å². The van der Waals surface area contributed by atoms with Gasteiger partial charge in [0, 0.05) is 11.1 Å². The highest BCUT2D eigenvalue weighted by atomic mass is 16.6. The number of fused-ring (bicyclic) bond motifs is 1. The highest BCUT2D eigenvalue weighted by Gasteiger charge is 2.23. The van der Waals surface area contributed by atoms with Gasteiger partial charge in [-0.15, -0.1) is 5.10 Å². The second-order valence-corrected chi connectivity index (χ2v) is 7.23. The summed E-state index contributed by atoms with van der Waals surface area (Å²) in [5.74, 6) is 0.0310. The number of benzene rings is 2. The second kappa shape index (κ2) is 7.11. The number of nitrogens with zero attached hydrogens (tertiary/aromatic N) is 2. The van der Waals surface area contributed by atoms with E-state index in [-0.39, 0.29) is 18.1 Å². The van der Waals surface area contributed by atoms with E-state index in [0.717, 1.165) is 10.2 Å². The number of anilines is 2. The molecular weight excluding hydrogens is 344 g/mol. The van der Waals surface area contributed by atoms with Crippen molar-refractivity contribution in [2.75, 3.05) is 11.1 Å². The molecule has 3 aromatic rings. The third kappa shape index (κ3) is 4.44. The van der Waals surface area contributed by atoms with Crippen LogP contribution in [0, 0.1) is 0 Å². The van der Waals surface area contributed by atoms with Crippen LogP contribution in [0.4, 0.5) is 16.3 Å². The molecule has 0 aliphatic rings. The molecule has 0 atom stereocenters. The first-order valence-corrected chi connectivity index (χ1v) is 8.58. The fraction of sp³-hybridized carbons (Fsp3) is 0.250. The maximum Gasteiger partial charge on any atom is 0.435 e. The molecule has 0 fully saturated rings. The van der Waals surface area contributed by atoms with E-state index in [9.17, 15) is 9.59 Å². The van der Waals surface area contributed by atoms with Crippen LogP contribution in [0.25, 0.3) is 10.9 Å². The van der Waals surface area contributed by atoms with E-state index in [0.29, 0.717) is 16.6 Å². The number of amides is 1. The van der Waals surface area contributed by atoms with E-state index < -0.39 is 11.7 Å². The molecule has 0 spiro atoms. The lowest BCUT2D eigenvalue weighted by Crippen LogP contribution is -2.27. The summed E-state index contributed by atoms with van der Waals surface area (Å²) in [6.07, 6.45) is -0.426. The van der Waals surface area contributed by atoms with Gasteiger partial charge >= 0.3 is 6.09 Å². The molecule has 7 nitrogen and oxygen atoms in total. The number of nitrogen functional groups attached to an aromatic ring is 1. The fourth-order valence-corrected chi connectivity index (χ4v) is 2.63. The van der Waals surface area contributed by atoms with Gasteiger partial charge in [-0.05, 0) is 44.5 Å². The number of hydrogen-bond acceptors (Lipinski definition) is 5. The Bertz CT molecular complexity index is 988. The molecule has 0 radical (unpaired) electrons. The minimum atomic E-state index is -0.667. The molecule has 27 heavy (non-hydrogen) atoms. The van der Waals surface area contributed by atoms with Crippen molar-refractivity contribution >= 4 is 34.4 Å². The zero-order chi connectivity index (χ0) is 19.6. The minimum Gasteiger partial charge on any atom is -0.442 e. The molecule has 3 rings (SSSR count). The molecule has 1 aromatic heterocycles. The number of carbonyl (C=O) groups is 2. The Hall–Kier alpha value is -3.35. The zero-order valence-electron chi connectivity index (χ0n) is 15.5. The average molecular weight is 366 g/mol. The van der Waals surface area contributed by atoms with Gasteiger partial charge in [0.15, 0.2) is 5.82 Å². The van der Waals surface area contributed by atoms with Crippen molar-refractivity contribution in [1.29, 1.82) is 0 Å². The molecule has 2 aromatic carbocycles. The third-order valence-corrected chi connectivity index (χ3v) is 3.74. The predicted molar refractivity (Wildman–Crippen MR) is 105 cm³/mol. The summed E-state index contributed by atoms with van der Waals surface area (Å²) >= 11 is 0. The first-order valence-electron chi connectivity index (χ1n) is 8.58. The highest BCUT2D eigenvalue weighted by molar-refractivity contribution is 6.03. The summed E-state index contributed by atoms with van der Waals surface area (Å²) < 4.78 is 6.53. The minimum absolute atomic E-state index is 0.198. The van der Waals surface area contributed by atoms with Crippen molar-refractivity contribution in [1.82, 2.24) is 9.78 Å². The van der Waals surface area contributed by atoms with E-state index >= 15 is 0 Å². The smallest absolute Gasteiger partial charge is 0.435 e. The van der Waals surface area contributed by atoms with Crippen LogP contribution in [0.2, 0.25) is 0 Å². The molecule has 7 heteroatoms. The van der Waals surface area contributed by atoms with E-state index in [2.05, 4.69) is 10.4 Å². The molecule has 1 heterocycles. The molecule has 1 amide bonds. The Morgan fingerprint density at radius 1 is 1.15 bits per heavy atom. The Kier molecular flexibility index (Phi) is 4.85. The summed E-state index contributed by atoms with van der Waals surface area (Å²) in [5, 5.41) is 7.59. The molecule has 0 aliphatic carbocycles. The third-order valence-electron chi connectivity index (χ3n) is 3.74. The van der Waals surface area contributed by atoms with Crippen molar-refractivity contribution in [3.05, 3.63) is 54.1 Å². The summed E-state index contributed by atoms with van der Waals surface area (Å²) in [6.45, 7) is 5.32. The predicted octanol–water partition coefficient (Wildman–Crippen LogP) is 3.58. The molecular formula is C20H22N4O3. The van der Waals surface area contributed by atoms with Crippen LogP contribution in [0.5, 0.6) is 0 Å². The highest BCUT2D eigenvalue weighted by Crippen LogP contribution is 2.26. The lowest BCUT2D eigenvalue weighted by atomic mass is 10.1. The first kappa shape index (κ1) is 18.4. The number of rotatable bonds is 3. The molecule has 3 N–H and O–H groups in total. The Morgan fingerprint density at radius 2 is 1.85 bits per heavy atom. The van der Waals surface area contributed by atoms with Crippen LogP contribution >= 0.6 is 0 Å². The van der Waals surface area contributed by atoms with Crippen LogP contribution in [-0.2, 0) is 16.0 Å². The van der Waals surface area contributed by atoms with Gasteiger partial charge in [0.25, 0.3) is 0 Å². The Balaban J connectivity index is 1.92. The standard InChI is InChI=1S/C20H22N4O3/c1-20(2,3)27-19(26)24-16-10-9-14(21)12-15(16)18(23-24)22-17(25)11-13-7-5-4-6-8-13/h4-10,12H,11,21H2,1-3H3,(H,22,23,25). The molecule has 0 saturated heterocycles. The van der Waals surface area contributed by atoms with Crippen molar-refractivity contribution < 1.29 is 14.3 Å². The first-order chi connectivity index (χ1) is 12.7. The quantitative estimate of drug-likeness (QED) is 0.690. The van der Waals surface area contributed by atoms with Crippen molar-refractivity contribution in [2.24, 2.45) is 0 Å². The number of ether oxygens (including phenoxy) is 1. The Morgan fingerprint density at radius 3 is 2.52 bits per heavy atom. The lowest BCUT2D eigenvalue weighted by molar-refractivity contribution is -0.115. The van der Waals surface area contributed by atoms with Gasteiger partial charge in [0.1, 0.15) is 5.60 Å². The van der Waals surface area contributed by atoms with E-state index in [1.165, 1.54) is 0 Å². The SMILES string of the molecule is CC(C)(C)OC(=O)n1nc(NC(=O)Cc2ccccc2)c2cc(N)ccc21. The maximum atomic E-state index is 12.5. The molecule has 140 valence electrons. The molecule has 0 unspecified atom stereocenters. The van der Waals surface area contributed by atoms with Crippen LogP contribution < -0.4 is 11.1 Å². The topological polar surface area (TPSA) is 99.2 Å². The van der Waals surface area contributed by atoms with E-state index in [4.69, 9.17) is 10.5 Å². The van der Waals surface area contributed by atoms with Crippen LogP contribution in [-0.4, -0.2) is 27.4 Å². The van der Waals surface area contributed by atoms with Gasteiger partial charge in [-0.1, -0.05) is 30.3 Å². The summed E-state index contributed by atoms with van der Waals surface area (Å²) in [7, 11) is 0. The molecule has 0 bridgehead atoms. The average Bonchev–Trinajstić information content (AvgIpc) is 2.92. The van der Waals surface area contributed by atoms with Gasteiger partial charge < -0.3 is 15.8 Å². The van der Waals surface area contributed by atoms with Crippen molar-refractivity contribution in [3.8, 4) is 0 Å². The molecule has 0 saturated carbocycles. The van der Waals surface area contributed by atoms with E-state index in [1.807, 2.05) is 30.3 Å². The van der Waals surface area contributed by atoms with Crippen LogP contribution in [0.3, 0.4) is 0 Å². The number of carbonyl (C=O) groups excluding carboxylic acids is 2. The van der Waals surface area contributed by atoms with Crippen molar-refractivity contribution in [2.45, 2.75) is 32.8 Å². The van der Waals surface area contributed by atoms with Gasteiger partial charge in [0.2, 0.25) is 5.91 Å². The lowest BCUT2D eigenvalue weighted by Gasteiger charge is -2.19. The van der Waals surface area contributed by atoms with Gasteiger partial charge in [-0.2, -0.15) is 4.68 Å². The molecule has 0 aliphatic heterocycles. The number of aromatic nitrogens is 2. The summed E-state index contributed by atoms with van der Waals surface area (Å²) in [4.78, 5) is 24.9. The van der Waals surface area contributed by atoms with E-state index in [1.54, 1.807) is 39.0 Å². The second-order valence-electron chi connectivity index (χ2n) is 7.23. The normalized spacial score (nSPS) is 11.4. The largest absolute Gasteiger partial charge is 0.442 e. The van der Waals surface area contributed by atoms with Gasteiger partial charge in [-0.25, -0.2) is 4.79 Å². The van der Waals surface area contributed by atoms with Gasteiger partial charge in [0.05, 0.1) is 11.9 Å². The summed E-state index contributed by atoms with van der Waals surface area (Å²) in [6, 6.07) is 14.4. The van der Waals surface area contributed by atoms with Crippen LogP contribution in [0.1, 0.15) is 26.3 Å². The Labute approximate surface area is 157 Å². The number of hydrogen-bond donors (Lipinski definition) is 2. The monoisotopic (exact) mass is 366 g/mol. The van der Waals surface area contributed by atoms with Crippen LogP contribution in [0.15, 0.2) is 48.5 Å².